The van der Waals surface area contributed by atoms with Crippen molar-refractivity contribution in [2.45, 2.75) is 32.7 Å². The Hall–Kier alpha value is -0.970. The normalized spacial score (nSPS) is 15.1. The summed E-state index contributed by atoms with van der Waals surface area (Å²) < 4.78 is 0. The van der Waals surface area contributed by atoms with Gasteiger partial charge in [0.15, 0.2) is 0 Å². The van der Waals surface area contributed by atoms with Gasteiger partial charge in [-0.2, -0.15) is 0 Å². The largest absolute Gasteiger partial charge is 0.371 e. The molecule has 0 aromatic heterocycles. The van der Waals surface area contributed by atoms with Gasteiger partial charge in [0.2, 0.25) is 5.91 Å². The van der Waals surface area contributed by atoms with E-state index in [9.17, 15) is 4.79 Å². The van der Waals surface area contributed by atoms with Crippen molar-refractivity contribution in [3.63, 3.8) is 0 Å². The predicted octanol–water partition coefficient (Wildman–Crippen LogP) is 2.38. The lowest BCUT2D eigenvalue weighted by Crippen LogP contribution is -2.39. The fourth-order valence-corrected chi connectivity index (χ4v) is 2.52. The Labute approximate surface area is 145 Å². The van der Waals surface area contributed by atoms with E-state index in [4.69, 9.17) is 5.73 Å². The van der Waals surface area contributed by atoms with Crippen molar-refractivity contribution >= 4 is 36.4 Å². The molecule has 0 spiro atoms. The number of para-hydroxylation sites is 1. The average molecular weight is 348 g/mol. The monoisotopic (exact) mass is 347 g/mol. The van der Waals surface area contributed by atoms with Gasteiger partial charge in [-0.15, -0.1) is 24.8 Å². The number of hydrogen-bond donors (Lipinski definition) is 2. The van der Waals surface area contributed by atoms with Crippen LogP contribution in [0.1, 0.15) is 25.8 Å². The highest BCUT2D eigenvalue weighted by molar-refractivity contribution is 5.85. The van der Waals surface area contributed by atoms with Crippen LogP contribution in [0.4, 0.5) is 5.69 Å². The highest BCUT2D eigenvalue weighted by Gasteiger charge is 2.18. The Balaban J connectivity index is 0.00000220. The summed E-state index contributed by atoms with van der Waals surface area (Å²) in [5.74, 6) is -0.0654. The van der Waals surface area contributed by atoms with E-state index >= 15 is 0 Å². The summed E-state index contributed by atoms with van der Waals surface area (Å²) in [6.45, 7) is 6.53. The lowest BCUT2D eigenvalue weighted by molar-refractivity contribution is -0.124. The van der Waals surface area contributed by atoms with E-state index in [1.165, 1.54) is 11.3 Å². The van der Waals surface area contributed by atoms with Gasteiger partial charge in [0.25, 0.3) is 0 Å². The third-order valence-corrected chi connectivity index (χ3v) is 4.09. The molecule has 0 fully saturated rings. The summed E-state index contributed by atoms with van der Waals surface area (Å²) in [4.78, 5) is 14.2. The number of carbonyl (C=O) groups is 1. The third kappa shape index (κ3) is 5.34. The van der Waals surface area contributed by atoms with Gasteiger partial charge >= 0.3 is 0 Å². The molecule has 0 radical (unpaired) electrons. The number of rotatable bonds is 6. The van der Waals surface area contributed by atoms with Crippen LogP contribution in [-0.4, -0.2) is 31.6 Å². The van der Waals surface area contributed by atoms with Crippen molar-refractivity contribution in [3.8, 4) is 0 Å². The molecule has 4 nitrogen and oxygen atoms in total. The first-order valence-corrected chi connectivity index (χ1v) is 7.45. The first-order valence-electron chi connectivity index (χ1n) is 7.45. The zero-order valence-corrected chi connectivity index (χ0v) is 14.9. The average Bonchev–Trinajstić information content (AvgIpc) is 2.85. The van der Waals surface area contributed by atoms with Crippen LogP contribution in [0, 0.1) is 5.92 Å². The molecule has 0 aliphatic carbocycles. The molecule has 6 heteroatoms. The summed E-state index contributed by atoms with van der Waals surface area (Å²) in [5.41, 5.74) is 8.51. The van der Waals surface area contributed by atoms with Gasteiger partial charge in [-0.1, -0.05) is 25.1 Å². The van der Waals surface area contributed by atoms with Crippen LogP contribution in [0.15, 0.2) is 24.3 Å². The molecule has 0 saturated heterocycles. The predicted molar refractivity (Wildman–Crippen MR) is 97.3 cm³/mol. The Morgan fingerprint density at radius 2 is 2.00 bits per heavy atom. The molecule has 1 aliphatic heterocycles. The highest BCUT2D eigenvalue weighted by Crippen LogP contribution is 2.27. The van der Waals surface area contributed by atoms with Gasteiger partial charge in [0.05, 0.1) is 0 Å². The Kier molecular flexibility index (Phi) is 9.49. The maximum Gasteiger partial charge on any atom is 0.224 e. The van der Waals surface area contributed by atoms with E-state index in [1.54, 1.807) is 0 Å². The molecule has 2 unspecified atom stereocenters. The Morgan fingerprint density at radius 3 is 2.68 bits per heavy atom. The number of fused-ring (bicyclic) bond motifs is 1. The zero-order chi connectivity index (χ0) is 14.5. The van der Waals surface area contributed by atoms with E-state index in [1.807, 2.05) is 13.8 Å². The van der Waals surface area contributed by atoms with Crippen molar-refractivity contribution in [2.75, 3.05) is 24.5 Å². The van der Waals surface area contributed by atoms with Gasteiger partial charge < -0.3 is 16.0 Å². The van der Waals surface area contributed by atoms with Crippen molar-refractivity contribution in [2.24, 2.45) is 11.7 Å². The molecular formula is C16H27Cl2N3O. The Bertz CT molecular complexity index is 468. The van der Waals surface area contributed by atoms with Crippen LogP contribution >= 0.6 is 24.8 Å². The zero-order valence-electron chi connectivity index (χ0n) is 13.2. The van der Waals surface area contributed by atoms with Crippen molar-refractivity contribution < 1.29 is 4.79 Å². The number of nitrogens with zero attached hydrogens (tertiary/aromatic N) is 1. The maximum atomic E-state index is 11.8. The number of nitrogens with two attached hydrogens (primary N) is 1. The molecule has 1 amide bonds. The quantitative estimate of drug-likeness (QED) is 0.776. The molecule has 3 N–H and O–H groups in total. The van der Waals surface area contributed by atoms with Gasteiger partial charge in [0, 0.05) is 37.3 Å². The first kappa shape index (κ1) is 21.0. The minimum Gasteiger partial charge on any atom is -0.371 e. The summed E-state index contributed by atoms with van der Waals surface area (Å²) in [6.07, 6.45) is 2.09. The molecule has 2 atom stereocenters. The Morgan fingerprint density at radius 1 is 1.32 bits per heavy atom. The number of benzene rings is 1. The summed E-state index contributed by atoms with van der Waals surface area (Å²) in [6, 6.07) is 8.46. The topological polar surface area (TPSA) is 58.4 Å². The van der Waals surface area contributed by atoms with Gasteiger partial charge in [-0.05, 0) is 31.4 Å². The van der Waals surface area contributed by atoms with Crippen LogP contribution in [0.25, 0.3) is 0 Å². The van der Waals surface area contributed by atoms with E-state index in [0.717, 1.165) is 25.9 Å². The van der Waals surface area contributed by atoms with Crippen LogP contribution in [0.3, 0.4) is 0 Å². The summed E-state index contributed by atoms with van der Waals surface area (Å²) >= 11 is 0. The standard InChI is InChI=1S/C16H25N3O.2ClH/c1-12(13(2)17)16(20)18-9-5-10-19-11-8-14-6-3-4-7-15(14)19;;/h3-4,6-7,12-13H,5,8-11,17H2,1-2H3,(H,18,20);2*1H. The second-order valence-electron chi connectivity index (χ2n) is 5.66. The van der Waals surface area contributed by atoms with Gasteiger partial charge in [-0.3, -0.25) is 4.79 Å². The second-order valence-corrected chi connectivity index (χ2v) is 5.66. The minimum atomic E-state index is -0.123. The highest BCUT2D eigenvalue weighted by atomic mass is 35.5. The molecule has 1 aromatic carbocycles. The second kappa shape index (κ2) is 9.93. The fourth-order valence-electron chi connectivity index (χ4n) is 2.52. The molecule has 126 valence electrons. The lowest BCUT2D eigenvalue weighted by atomic mass is 10.0. The summed E-state index contributed by atoms with van der Waals surface area (Å²) in [7, 11) is 0. The number of nitrogens with one attached hydrogen (secondary N) is 1. The molecular weight excluding hydrogens is 321 g/mol. The van der Waals surface area contributed by atoms with Crippen LogP contribution < -0.4 is 16.0 Å². The fraction of sp³-hybridized carbons (Fsp3) is 0.562. The van der Waals surface area contributed by atoms with Crippen LogP contribution in [0.5, 0.6) is 0 Å². The molecule has 1 aromatic rings. The number of carbonyl (C=O) groups excluding carboxylic acids is 1. The van der Waals surface area contributed by atoms with E-state index in [-0.39, 0.29) is 42.7 Å². The summed E-state index contributed by atoms with van der Waals surface area (Å²) in [5, 5.41) is 2.97. The first-order chi connectivity index (χ1) is 9.59. The van der Waals surface area contributed by atoms with Crippen molar-refractivity contribution in [1.29, 1.82) is 0 Å². The molecule has 2 rings (SSSR count). The molecule has 0 saturated carbocycles. The molecule has 1 heterocycles. The van der Waals surface area contributed by atoms with E-state index in [2.05, 4.69) is 34.5 Å². The number of anilines is 1. The SMILES string of the molecule is CC(N)C(C)C(=O)NCCCN1CCc2ccccc21.Cl.Cl. The van der Waals surface area contributed by atoms with Crippen molar-refractivity contribution in [1.82, 2.24) is 5.32 Å². The van der Waals surface area contributed by atoms with E-state index in [0.29, 0.717) is 6.54 Å². The smallest absolute Gasteiger partial charge is 0.224 e. The van der Waals surface area contributed by atoms with Crippen LogP contribution in [0.2, 0.25) is 0 Å². The molecule has 22 heavy (non-hydrogen) atoms. The molecule has 0 bridgehead atoms. The number of hydrogen-bond acceptors (Lipinski definition) is 3. The number of halogens is 2. The number of amides is 1. The van der Waals surface area contributed by atoms with Gasteiger partial charge in [-0.25, -0.2) is 0 Å². The minimum absolute atomic E-state index is 0. The van der Waals surface area contributed by atoms with Crippen LogP contribution in [-0.2, 0) is 11.2 Å². The van der Waals surface area contributed by atoms with E-state index < -0.39 is 0 Å². The maximum absolute atomic E-state index is 11.8. The van der Waals surface area contributed by atoms with Gasteiger partial charge in [0.1, 0.15) is 0 Å². The molecule has 1 aliphatic rings. The third-order valence-electron chi connectivity index (χ3n) is 4.09. The lowest BCUT2D eigenvalue weighted by Gasteiger charge is -2.20. The van der Waals surface area contributed by atoms with Crippen molar-refractivity contribution in [3.05, 3.63) is 29.8 Å².